The van der Waals surface area contributed by atoms with E-state index in [2.05, 4.69) is 4.99 Å². The molecule has 0 bridgehead atoms. The summed E-state index contributed by atoms with van der Waals surface area (Å²) in [5.74, 6) is 0.152. The van der Waals surface area contributed by atoms with Gasteiger partial charge in [0.2, 0.25) is 0 Å². The van der Waals surface area contributed by atoms with Crippen molar-refractivity contribution in [3.8, 4) is 0 Å². The van der Waals surface area contributed by atoms with Gasteiger partial charge in [-0.05, 0) is 6.92 Å². The van der Waals surface area contributed by atoms with E-state index in [1.165, 1.54) is 5.32 Å². The number of hydrogen-bond donors (Lipinski definition) is 5. The van der Waals surface area contributed by atoms with Gasteiger partial charge in [0.15, 0.2) is 17.7 Å². The lowest BCUT2D eigenvalue weighted by Crippen LogP contribution is -2.95. The number of carbonyl (C=O) groups is 1. The maximum atomic E-state index is 12.1. The fourth-order valence-corrected chi connectivity index (χ4v) is 2.94. The fourth-order valence-electron chi connectivity index (χ4n) is 2.94. The summed E-state index contributed by atoms with van der Waals surface area (Å²) in [6.45, 7) is 2.33. The lowest BCUT2D eigenvalue weighted by molar-refractivity contribution is -0.452. The van der Waals surface area contributed by atoms with Gasteiger partial charge < -0.3 is 35.6 Å². The maximum absolute atomic E-state index is 12.1. The van der Waals surface area contributed by atoms with E-state index in [0.717, 1.165) is 0 Å². The van der Waals surface area contributed by atoms with E-state index in [0.29, 0.717) is 18.1 Å². The quantitative estimate of drug-likeness (QED) is 0.351. The molecule has 1 fully saturated rings. The van der Waals surface area contributed by atoms with Gasteiger partial charge in [-0.15, -0.1) is 0 Å². The summed E-state index contributed by atoms with van der Waals surface area (Å²) in [5, 5.41) is 30.5. The van der Waals surface area contributed by atoms with E-state index in [4.69, 9.17) is 10.5 Å². The van der Waals surface area contributed by atoms with Crippen molar-refractivity contribution in [1.29, 1.82) is 0 Å². The average Bonchev–Trinajstić information content (AvgIpc) is 2.98. The van der Waals surface area contributed by atoms with Crippen LogP contribution < -0.4 is 11.1 Å². The molecule has 0 aromatic carbocycles. The molecule has 1 saturated heterocycles. The molecule has 0 spiro atoms. The summed E-state index contributed by atoms with van der Waals surface area (Å²) in [6, 6.07) is 0. The molecule has 122 valence electrons. The average molecular weight is 314 g/mol. The first-order valence-electron chi connectivity index (χ1n) is 7.09. The van der Waals surface area contributed by atoms with Crippen molar-refractivity contribution >= 4 is 11.9 Å². The number of ether oxygens (including phenoxy) is 1. The van der Waals surface area contributed by atoms with Gasteiger partial charge in [0.25, 0.3) is 0 Å². The number of nitrogens with zero attached hydrogens (tertiary/aromatic N) is 3. The lowest BCUT2D eigenvalue weighted by atomic mass is 10.1. The minimum absolute atomic E-state index is 0.0819. The van der Waals surface area contributed by atoms with Crippen molar-refractivity contribution in [3.05, 3.63) is 11.5 Å². The summed E-state index contributed by atoms with van der Waals surface area (Å²) >= 11 is 0. The van der Waals surface area contributed by atoms with E-state index in [-0.39, 0.29) is 18.5 Å². The van der Waals surface area contributed by atoms with Crippen LogP contribution in [0.5, 0.6) is 0 Å². The van der Waals surface area contributed by atoms with Crippen molar-refractivity contribution in [2.45, 2.75) is 31.5 Å². The number of aliphatic imine (C=N–C) groups is 1. The molecule has 0 aromatic rings. The standard InChI is InChI=1S/C12H19N5O5/c1-2-16-4-17(9-6(16)10(21)15-12(13)14-9)11-8(20)7(19)5(3-18)22-11/h5,7-8,11,18-20H,2-4H2,1H3,(H3,13,14,15,21)/p+1/t5-,7-,8-,11-/m1/s1. The number of guanidine groups is 1. The first kappa shape index (κ1) is 15.2. The maximum Gasteiger partial charge on any atom is 0.370 e. The summed E-state index contributed by atoms with van der Waals surface area (Å²) in [5.41, 5.74) is 6.04. The zero-order valence-electron chi connectivity index (χ0n) is 12.1. The fraction of sp³-hybridized carbons (Fsp3) is 0.667. The molecular weight excluding hydrogens is 294 g/mol. The summed E-state index contributed by atoms with van der Waals surface area (Å²) in [6.07, 6.45) is -4.22. The van der Waals surface area contributed by atoms with Gasteiger partial charge >= 0.3 is 11.9 Å². The first-order valence-corrected chi connectivity index (χ1v) is 7.09. The Kier molecular flexibility index (Phi) is 3.78. The van der Waals surface area contributed by atoms with Crippen LogP contribution in [0.2, 0.25) is 0 Å². The number of quaternary nitrogens is 1. The molecule has 22 heavy (non-hydrogen) atoms. The number of primary amides is 1. The second-order valence-electron chi connectivity index (χ2n) is 5.41. The van der Waals surface area contributed by atoms with Crippen LogP contribution >= 0.6 is 0 Å². The third-order valence-electron chi connectivity index (χ3n) is 4.08. The molecule has 3 rings (SSSR count). The first-order chi connectivity index (χ1) is 10.5. The number of carbonyl (C=O) groups excluding carboxylic acids is 1. The normalized spacial score (nSPS) is 35.3. The predicted molar refractivity (Wildman–Crippen MR) is 72.4 cm³/mol. The Morgan fingerprint density at radius 3 is 2.77 bits per heavy atom. The predicted octanol–water partition coefficient (Wildman–Crippen LogP) is -4.39. The van der Waals surface area contributed by atoms with E-state index in [1.54, 1.807) is 9.80 Å². The van der Waals surface area contributed by atoms with Crippen molar-refractivity contribution in [2.24, 2.45) is 10.7 Å². The van der Waals surface area contributed by atoms with Crippen LogP contribution in [0.4, 0.5) is 0 Å². The Morgan fingerprint density at radius 1 is 1.45 bits per heavy atom. The zero-order valence-corrected chi connectivity index (χ0v) is 12.1. The monoisotopic (exact) mass is 314 g/mol. The molecule has 0 aliphatic carbocycles. The number of likely N-dealkylation sites (N-methyl/N-ethyl adjacent to an activating group) is 1. The van der Waals surface area contributed by atoms with E-state index in [1.807, 2.05) is 6.92 Å². The van der Waals surface area contributed by atoms with Crippen LogP contribution in [0.25, 0.3) is 0 Å². The van der Waals surface area contributed by atoms with Crippen molar-refractivity contribution in [3.63, 3.8) is 0 Å². The summed E-state index contributed by atoms with van der Waals surface area (Å²) in [7, 11) is 0. The minimum Gasteiger partial charge on any atom is -0.394 e. The number of hydrogen-bond acceptors (Lipinski definition) is 9. The molecule has 4 atom stereocenters. The van der Waals surface area contributed by atoms with Crippen LogP contribution in [0.3, 0.4) is 0 Å². The SMILES string of the molecule is CCN1CN([C@@H]2O[C@H](CO)[C@@H](O)[C@H]2O)C2=C1C(=O)[NH2+]C(N)=N2. The Bertz CT molecular complexity index is 550. The Morgan fingerprint density at radius 2 is 2.18 bits per heavy atom. The molecule has 0 saturated carbocycles. The smallest absolute Gasteiger partial charge is 0.370 e. The van der Waals surface area contributed by atoms with Gasteiger partial charge in [0, 0.05) is 6.54 Å². The van der Waals surface area contributed by atoms with Crippen molar-refractivity contribution < 1.29 is 30.2 Å². The molecule has 0 radical (unpaired) electrons. The van der Waals surface area contributed by atoms with Crippen LogP contribution in [0, 0.1) is 0 Å². The highest BCUT2D eigenvalue weighted by Crippen LogP contribution is 2.33. The molecule has 0 aromatic heterocycles. The number of amides is 1. The number of aliphatic hydroxyl groups excluding tert-OH is 3. The van der Waals surface area contributed by atoms with Crippen molar-refractivity contribution in [2.75, 3.05) is 19.8 Å². The Labute approximate surface area is 126 Å². The van der Waals surface area contributed by atoms with E-state index in [9.17, 15) is 20.1 Å². The van der Waals surface area contributed by atoms with Crippen molar-refractivity contribution in [1.82, 2.24) is 9.80 Å². The topological polar surface area (TPSA) is 148 Å². The molecule has 3 aliphatic rings. The summed E-state index contributed by atoms with van der Waals surface area (Å²) < 4.78 is 5.51. The van der Waals surface area contributed by atoms with Crippen LogP contribution in [0.1, 0.15) is 6.92 Å². The molecule has 7 N–H and O–H groups in total. The van der Waals surface area contributed by atoms with Crippen LogP contribution in [-0.2, 0) is 9.53 Å². The highest BCUT2D eigenvalue weighted by Gasteiger charge is 2.50. The lowest BCUT2D eigenvalue weighted by Gasteiger charge is -2.29. The second kappa shape index (κ2) is 5.48. The largest absolute Gasteiger partial charge is 0.394 e. The zero-order chi connectivity index (χ0) is 16.0. The third-order valence-corrected chi connectivity index (χ3v) is 4.08. The van der Waals surface area contributed by atoms with Gasteiger partial charge in [-0.2, -0.15) is 4.99 Å². The van der Waals surface area contributed by atoms with Gasteiger partial charge in [0.05, 0.1) is 13.3 Å². The number of nitrogens with two attached hydrogens (primary N) is 2. The molecule has 0 unspecified atom stereocenters. The Hall–Kier alpha value is -1.72. The molecule has 1 amide bonds. The molecule has 3 heterocycles. The number of rotatable bonds is 3. The molecule has 10 heteroatoms. The van der Waals surface area contributed by atoms with Crippen LogP contribution in [-0.4, -0.2) is 81.3 Å². The van der Waals surface area contributed by atoms with Crippen LogP contribution in [0.15, 0.2) is 16.5 Å². The Balaban J connectivity index is 1.94. The summed E-state index contributed by atoms with van der Waals surface area (Å²) in [4.78, 5) is 19.7. The van der Waals surface area contributed by atoms with E-state index >= 15 is 0 Å². The van der Waals surface area contributed by atoms with E-state index < -0.39 is 31.1 Å². The molecular formula is C12H20N5O5+. The highest BCUT2D eigenvalue weighted by molar-refractivity contribution is 5.94. The van der Waals surface area contributed by atoms with Gasteiger partial charge in [-0.1, -0.05) is 0 Å². The molecule has 10 nitrogen and oxygen atoms in total. The minimum atomic E-state index is -1.22. The third kappa shape index (κ3) is 2.16. The van der Waals surface area contributed by atoms with Gasteiger partial charge in [0.1, 0.15) is 18.3 Å². The number of aliphatic hydroxyl groups is 3. The molecule has 3 aliphatic heterocycles. The van der Waals surface area contributed by atoms with Gasteiger partial charge in [-0.3, -0.25) is 0 Å². The second-order valence-corrected chi connectivity index (χ2v) is 5.41. The highest BCUT2D eigenvalue weighted by atomic mass is 16.6. The van der Waals surface area contributed by atoms with Gasteiger partial charge in [-0.25, -0.2) is 10.1 Å².